The zero-order chi connectivity index (χ0) is 15.4. The van der Waals surface area contributed by atoms with E-state index < -0.39 is 12.1 Å². The normalized spacial score (nSPS) is 18.2. The molecule has 2 amide bonds. The lowest BCUT2D eigenvalue weighted by Gasteiger charge is -2.23. The van der Waals surface area contributed by atoms with Crippen molar-refractivity contribution in [3.63, 3.8) is 0 Å². The molecule has 0 bridgehead atoms. The molecule has 1 aromatic rings. The Hall–Kier alpha value is -1.88. The zero-order valence-corrected chi connectivity index (χ0v) is 12.5. The highest BCUT2D eigenvalue weighted by molar-refractivity contribution is 6.02. The number of nitrogens with one attached hydrogen (secondary N) is 1. The molecule has 2 rings (SSSR count). The molecule has 1 aromatic carbocycles. The second-order valence-electron chi connectivity index (χ2n) is 5.38. The minimum absolute atomic E-state index is 0.131. The standard InChI is InChI=1S/C16H22N2O3/c1-3-13(20)8-9-17-16(21)15-10-12-6-4-5-7-14(12)18(15)11(2)19/h4-7,13,15,20H,3,8-10H2,1-2H3,(H,17,21)/t13?,15-/m0/s1. The van der Waals surface area contributed by atoms with E-state index in [0.29, 0.717) is 25.8 Å². The van der Waals surface area contributed by atoms with Crippen molar-refractivity contribution >= 4 is 17.5 Å². The Morgan fingerprint density at radius 2 is 2.14 bits per heavy atom. The molecule has 0 radical (unpaired) electrons. The molecule has 0 saturated carbocycles. The van der Waals surface area contributed by atoms with Crippen molar-refractivity contribution in [2.24, 2.45) is 0 Å². The van der Waals surface area contributed by atoms with Crippen LogP contribution in [0, 0.1) is 0 Å². The van der Waals surface area contributed by atoms with Crippen molar-refractivity contribution in [3.8, 4) is 0 Å². The number of aliphatic hydroxyl groups is 1. The predicted molar refractivity (Wildman–Crippen MR) is 81.0 cm³/mol. The van der Waals surface area contributed by atoms with Gasteiger partial charge in [0.25, 0.3) is 0 Å². The third-order valence-electron chi connectivity index (χ3n) is 3.87. The number of para-hydroxylation sites is 1. The van der Waals surface area contributed by atoms with Gasteiger partial charge in [-0.25, -0.2) is 0 Å². The summed E-state index contributed by atoms with van der Waals surface area (Å²) in [6.07, 6.45) is 1.35. The van der Waals surface area contributed by atoms with Crippen molar-refractivity contribution in [2.75, 3.05) is 11.4 Å². The quantitative estimate of drug-likeness (QED) is 0.857. The van der Waals surface area contributed by atoms with Crippen molar-refractivity contribution < 1.29 is 14.7 Å². The molecule has 2 N–H and O–H groups in total. The Labute approximate surface area is 125 Å². The first-order chi connectivity index (χ1) is 10.0. The average molecular weight is 290 g/mol. The largest absolute Gasteiger partial charge is 0.393 e. The highest BCUT2D eigenvalue weighted by atomic mass is 16.3. The highest BCUT2D eigenvalue weighted by Gasteiger charge is 2.36. The van der Waals surface area contributed by atoms with Crippen molar-refractivity contribution in [1.82, 2.24) is 5.32 Å². The maximum absolute atomic E-state index is 12.3. The lowest BCUT2D eigenvalue weighted by molar-refractivity contribution is -0.125. The van der Waals surface area contributed by atoms with E-state index in [1.807, 2.05) is 31.2 Å². The lowest BCUT2D eigenvalue weighted by Crippen LogP contribution is -2.47. The number of aliphatic hydroxyl groups excluding tert-OH is 1. The van der Waals surface area contributed by atoms with E-state index in [2.05, 4.69) is 5.32 Å². The molecule has 0 aliphatic carbocycles. The molecular weight excluding hydrogens is 268 g/mol. The van der Waals surface area contributed by atoms with Crippen LogP contribution < -0.4 is 10.2 Å². The van der Waals surface area contributed by atoms with Crippen molar-refractivity contribution in [3.05, 3.63) is 29.8 Å². The van der Waals surface area contributed by atoms with E-state index >= 15 is 0 Å². The Morgan fingerprint density at radius 1 is 1.43 bits per heavy atom. The van der Waals surface area contributed by atoms with Crippen LogP contribution in [0.4, 0.5) is 5.69 Å². The minimum atomic E-state index is -0.487. The molecular formula is C16H22N2O3. The number of nitrogens with zero attached hydrogens (tertiary/aromatic N) is 1. The van der Waals surface area contributed by atoms with Gasteiger partial charge in [-0.3, -0.25) is 14.5 Å². The van der Waals surface area contributed by atoms with E-state index in [1.54, 1.807) is 4.90 Å². The van der Waals surface area contributed by atoms with Gasteiger partial charge < -0.3 is 10.4 Å². The van der Waals surface area contributed by atoms with Crippen LogP contribution in [0.5, 0.6) is 0 Å². The number of carbonyl (C=O) groups is 2. The fourth-order valence-electron chi connectivity index (χ4n) is 2.67. The summed E-state index contributed by atoms with van der Waals surface area (Å²) >= 11 is 0. The van der Waals surface area contributed by atoms with Gasteiger partial charge in [0, 0.05) is 25.6 Å². The van der Waals surface area contributed by atoms with E-state index in [9.17, 15) is 14.7 Å². The van der Waals surface area contributed by atoms with Gasteiger partial charge in [0.15, 0.2) is 0 Å². The third kappa shape index (κ3) is 3.42. The van der Waals surface area contributed by atoms with Gasteiger partial charge in [-0.2, -0.15) is 0 Å². The molecule has 114 valence electrons. The van der Waals surface area contributed by atoms with Crippen LogP contribution >= 0.6 is 0 Å². The van der Waals surface area contributed by atoms with Gasteiger partial charge in [0.1, 0.15) is 6.04 Å². The Bertz CT molecular complexity index is 530. The molecule has 0 aromatic heterocycles. The number of carbonyl (C=O) groups excluding carboxylic acids is 2. The van der Waals surface area contributed by atoms with Crippen LogP contribution in [0.25, 0.3) is 0 Å². The van der Waals surface area contributed by atoms with E-state index in [4.69, 9.17) is 0 Å². The first-order valence-corrected chi connectivity index (χ1v) is 7.38. The lowest BCUT2D eigenvalue weighted by atomic mass is 10.1. The number of rotatable bonds is 5. The van der Waals surface area contributed by atoms with Gasteiger partial charge in [-0.1, -0.05) is 25.1 Å². The topological polar surface area (TPSA) is 69.6 Å². The summed E-state index contributed by atoms with van der Waals surface area (Å²) in [5.41, 5.74) is 1.83. The Balaban J connectivity index is 2.03. The summed E-state index contributed by atoms with van der Waals surface area (Å²) in [5, 5.41) is 12.3. The van der Waals surface area contributed by atoms with Crippen molar-refractivity contribution in [1.29, 1.82) is 0 Å². The summed E-state index contributed by atoms with van der Waals surface area (Å²) in [6.45, 7) is 3.80. The Morgan fingerprint density at radius 3 is 2.81 bits per heavy atom. The first kappa shape index (κ1) is 15.5. The van der Waals surface area contributed by atoms with Gasteiger partial charge >= 0.3 is 0 Å². The fourth-order valence-corrected chi connectivity index (χ4v) is 2.67. The molecule has 1 unspecified atom stereocenters. The predicted octanol–water partition coefficient (Wildman–Crippen LogP) is 1.24. The minimum Gasteiger partial charge on any atom is -0.393 e. The van der Waals surface area contributed by atoms with Crippen LogP contribution in [0.15, 0.2) is 24.3 Å². The zero-order valence-electron chi connectivity index (χ0n) is 12.5. The summed E-state index contributed by atoms with van der Waals surface area (Å²) in [7, 11) is 0. The monoisotopic (exact) mass is 290 g/mol. The molecule has 0 spiro atoms. The summed E-state index contributed by atoms with van der Waals surface area (Å²) < 4.78 is 0. The maximum atomic E-state index is 12.3. The molecule has 0 saturated heterocycles. The highest BCUT2D eigenvalue weighted by Crippen LogP contribution is 2.32. The van der Waals surface area contributed by atoms with E-state index in [1.165, 1.54) is 6.92 Å². The summed E-state index contributed by atoms with van der Waals surface area (Å²) in [6, 6.07) is 7.10. The second kappa shape index (κ2) is 6.72. The molecule has 5 heteroatoms. The SMILES string of the molecule is CCC(O)CCNC(=O)[C@@H]1Cc2ccccc2N1C(C)=O. The molecule has 1 aliphatic rings. The first-order valence-electron chi connectivity index (χ1n) is 7.38. The number of hydrogen-bond donors (Lipinski definition) is 2. The van der Waals surface area contributed by atoms with E-state index in [0.717, 1.165) is 11.3 Å². The number of amides is 2. The summed E-state index contributed by atoms with van der Waals surface area (Å²) in [4.78, 5) is 25.7. The maximum Gasteiger partial charge on any atom is 0.243 e. The van der Waals surface area contributed by atoms with Crippen LogP contribution in [0.1, 0.15) is 32.3 Å². The fraction of sp³-hybridized carbons (Fsp3) is 0.500. The molecule has 1 aliphatic heterocycles. The van der Waals surface area contributed by atoms with Gasteiger partial charge in [0.2, 0.25) is 11.8 Å². The van der Waals surface area contributed by atoms with Gasteiger partial charge in [-0.15, -0.1) is 0 Å². The molecule has 21 heavy (non-hydrogen) atoms. The van der Waals surface area contributed by atoms with Gasteiger partial charge in [-0.05, 0) is 24.5 Å². The Kier molecular flexibility index (Phi) is 4.96. The second-order valence-corrected chi connectivity index (χ2v) is 5.38. The number of anilines is 1. The number of fused-ring (bicyclic) bond motifs is 1. The van der Waals surface area contributed by atoms with Crippen LogP contribution in [-0.2, 0) is 16.0 Å². The molecule has 1 heterocycles. The molecule has 0 fully saturated rings. The van der Waals surface area contributed by atoms with Crippen molar-refractivity contribution in [2.45, 2.75) is 45.3 Å². The van der Waals surface area contributed by atoms with Crippen LogP contribution in [-0.4, -0.2) is 35.6 Å². The number of hydrogen-bond acceptors (Lipinski definition) is 3. The average Bonchev–Trinajstić information content (AvgIpc) is 2.86. The number of benzene rings is 1. The summed E-state index contributed by atoms with van der Waals surface area (Å²) in [5.74, 6) is -0.293. The smallest absolute Gasteiger partial charge is 0.243 e. The molecule has 5 nitrogen and oxygen atoms in total. The van der Waals surface area contributed by atoms with Crippen LogP contribution in [0.2, 0.25) is 0 Å². The van der Waals surface area contributed by atoms with E-state index in [-0.39, 0.29) is 11.8 Å². The van der Waals surface area contributed by atoms with Gasteiger partial charge in [0.05, 0.1) is 6.10 Å². The third-order valence-corrected chi connectivity index (χ3v) is 3.87. The molecule has 2 atom stereocenters. The van der Waals surface area contributed by atoms with Crippen LogP contribution in [0.3, 0.4) is 0 Å².